The number of fused-ring (bicyclic) bond motifs is 1. The molecule has 0 aromatic carbocycles. The third-order valence-corrected chi connectivity index (χ3v) is 3.79. The first-order chi connectivity index (χ1) is 9.47. The lowest BCUT2D eigenvalue weighted by molar-refractivity contribution is -0.150. The van der Waals surface area contributed by atoms with Gasteiger partial charge in [-0.05, 0) is 6.92 Å². The highest BCUT2D eigenvalue weighted by molar-refractivity contribution is 6.10. The van der Waals surface area contributed by atoms with E-state index in [1.165, 1.54) is 14.2 Å². The molecule has 2 aliphatic rings. The Hall–Kier alpha value is -1.96. The van der Waals surface area contributed by atoms with Crippen molar-refractivity contribution in [2.24, 2.45) is 11.8 Å². The van der Waals surface area contributed by atoms with Crippen molar-refractivity contribution in [3.8, 4) is 0 Å². The molecule has 110 valence electrons. The van der Waals surface area contributed by atoms with Gasteiger partial charge in [0.05, 0.1) is 26.1 Å². The Bertz CT molecular complexity index is 437. The summed E-state index contributed by atoms with van der Waals surface area (Å²) in [7, 11) is 2.37. The van der Waals surface area contributed by atoms with Gasteiger partial charge in [-0.25, -0.2) is 0 Å². The molecule has 0 bridgehead atoms. The average molecular weight is 284 g/mol. The maximum atomic E-state index is 12.2. The Kier molecular flexibility index (Phi) is 3.76. The molecule has 0 aliphatic carbocycles. The summed E-state index contributed by atoms with van der Waals surface area (Å²) in [4.78, 5) is 49.0. The van der Waals surface area contributed by atoms with Crippen molar-refractivity contribution in [3.63, 3.8) is 0 Å². The van der Waals surface area contributed by atoms with Gasteiger partial charge in [0.15, 0.2) is 0 Å². The molecule has 2 heterocycles. The van der Waals surface area contributed by atoms with Crippen LogP contribution in [-0.2, 0) is 28.7 Å². The standard InChI is InChI=1S/C12H16N2O6/c1-4-14-9(15)5-6(10(14)16)8(12(18)20-3)13-7(5)11(17)19-2/h5-8,13H,4H2,1-3H3. The molecule has 0 aromatic heterocycles. The number of likely N-dealkylation sites (tertiary alicyclic amines) is 1. The summed E-state index contributed by atoms with van der Waals surface area (Å²) in [6.45, 7) is 1.86. The fourth-order valence-electron chi connectivity index (χ4n) is 2.87. The normalized spacial score (nSPS) is 32.2. The molecular formula is C12H16N2O6. The zero-order valence-corrected chi connectivity index (χ0v) is 11.4. The predicted molar refractivity (Wildman–Crippen MR) is 64.1 cm³/mol. The summed E-state index contributed by atoms with van der Waals surface area (Å²) in [6, 6.07) is -2.02. The SMILES string of the molecule is CCN1C(=O)C2C(C(=O)OC)NC(C(=O)OC)C2C1=O. The molecule has 2 rings (SSSR count). The third-order valence-electron chi connectivity index (χ3n) is 3.79. The van der Waals surface area contributed by atoms with Crippen LogP contribution in [0.5, 0.6) is 0 Å². The summed E-state index contributed by atoms with van der Waals surface area (Å²) < 4.78 is 9.24. The van der Waals surface area contributed by atoms with E-state index in [1.807, 2.05) is 0 Å². The number of imide groups is 1. The zero-order chi connectivity index (χ0) is 15.0. The molecule has 8 heteroatoms. The second-order valence-corrected chi connectivity index (χ2v) is 4.64. The van der Waals surface area contributed by atoms with Crippen molar-refractivity contribution in [2.75, 3.05) is 20.8 Å². The Morgan fingerprint density at radius 2 is 1.45 bits per heavy atom. The van der Waals surface area contributed by atoms with E-state index in [0.29, 0.717) is 0 Å². The summed E-state index contributed by atoms with van der Waals surface area (Å²) >= 11 is 0. The monoisotopic (exact) mass is 284 g/mol. The van der Waals surface area contributed by atoms with Crippen LogP contribution in [0.15, 0.2) is 0 Å². The summed E-state index contributed by atoms with van der Waals surface area (Å²) in [5.74, 6) is -4.11. The fraction of sp³-hybridized carbons (Fsp3) is 0.667. The van der Waals surface area contributed by atoms with Crippen LogP contribution in [0.2, 0.25) is 0 Å². The van der Waals surface area contributed by atoms with E-state index in [0.717, 1.165) is 4.90 Å². The van der Waals surface area contributed by atoms with Gasteiger partial charge in [-0.15, -0.1) is 0 Å². The smallest absolute Gasteiger partial charge is 0.323 e. The van der Waals surface area contributed by atoms with E-state index in [1.54, 1.807) is 6.92 Å². The topological polar surface area (TPSA) is 102 Å². The molecule has 2 saturated heterocycles. The number of ether oxygens (including phenoxy) is 2. The van der Waals surface area contributed by atoms with Crippen LogP contribution in [0.4, 0.5) is 0 Å². The number of esters is 2. The molecule has 0 radical (unpaired) electrons. The maximum Gasteiger partial charge on any atom is 0.323 e. The molecule has 2 fully saturated rings. The number of rotatable bonds is 3. The summed E-state index contributed by atoms with van der Waals surface area (Å²) in [5.41, 5.74) is 0. The van der Waals surface area contributed by atoms with Crippen LogP contribution in [0.25, 0.3) is 0 Å². The molecule has 2 amide bonds. The highest BCUT2D eigenvalue weighted by atomic mass is 16.5. The van der Waals surface area contributed by atoms with Crippen molar-refractivity contribution in [3.05, 3.63) is 0 Å². The van der Waals surface area contributed by atoms with E-state index in [4.69, 9.17) is 0 Å². The number of hydrogen-bond donors (Lipinski definition) is 1. The first-order valence-electron chi connectivity index (χ1n) is 6.24. The Balaban J connectivity index is 2.39. The second-order valence-electron chi connectivity index (χ2n) is 4.64. The minimum absolute atomic E-state index is 0.201. The number of methoxy groups -OCH3 is 2. The number of hydrogen-bond acceptors (Lipinski definition) is 7. The number of nitrogens with one attached hydrogen (secondary N) is 1. The average Bonchev–Trinajstić information content (AvgIpc) is 2.95. The second kappa shape index (κ2) is 5.20. The van der Waals surface area contributed by atoms with Crippen molar-refractivity contribution in [2.45, 2.75) is 19.0 Å². The van der Waals surface area contributed by atoms with Crippen LogP contribution >= 0.6 is 0 Å². The van der Waals surface area contributed by atoms with Gasteiger partial charge in [0.2, 0.25) is 11.8 Å². The summed E-state index contributed by atoms with van der Waals surface area (Å²) in [6.07, 6.45) is 0. The fourth-order valence-corrected chi connectivity index (χ4v) is 2.87. The molecule has 20 heavy (non-hydrogen) atoms. The molecule has 4 atom stereocenters. The van der Waals surface area contributed by atoms with Gasteiger partial charge < -0.3 is 9.47 Å². The lowest BCUT2D eigenvalue weighted by Crippen LogP contribution is -2.48. The maximum absolute atomic E-state index is 12.2. The van der Waals surface area contributed by atoms with Crippen LogP contribution in [0, 0.1) is 11.8 Å². The first kappa shape index (κ1) is 14.4. The van der Waals surface area contributed by atoms with Crippen LogP contribution in [0.3, 0.4) is 0 Å². The van der Waals surface area contributed by atoms with Gasteiger partial charge in [-0.2, -0.15) is 0 Å². The van der Waals surface area contributed by atoms with Crippen molar-refractivity contribution >= 4 is 23.8 Å². The minimum atomic E-state index is -1.01. The zero-order valence-electron chi connectivity index (χ0n) is 11.4. The number of amides is 2. The molecule has 0 spiro atoms. The van der Waals surface area contributed by atoms with E-state index in [-0.39, 0.29) is 6.54 Å². The van der Waals surface area contributed by atoms with Gasteiger partial charge in [0.1, 0.15) is 12.1 Å². The van der Waals surface area contributed by atoms with Crippen molar-refractivity contribution in [1.29, 1.82) is 0 Å². The molecule has 4 unspecified atom stereocenters. The first-order valence-corrected chi connectivity index (χ1v) is 6.24. The molecule has 0 saturated carbocycles. The lowest BCUT2D eigenvalue weighted by atomic mass is 9.89. The highest BCUT2D eigenvalue weighted by Crippen LogP contribution is 2.37. The molecule has 2 aliphatic heterocycles. The van der Waals surface area contributed by atoms with E-state index >= 15 is 0 Å². The van der Waals surface area contributed by atoms with Gasteiger partial charge in [0, 0.05) is 6.54 Å². The van der Waals surface area contributed by atoms with E-state index < -0.39 is 47.7 Å². The number of nitrogens with zero attached hydrogens (tertiary/aromatic N) is 1. The van der Waals surface area contributed by atoms with Gasteiger partial charge in [-0.3, -0.25) is 29.4 Å². The molecule has 8 nitrogen and oxygen atoms in total. The quantitative estimate of drug-likeness (QED) is 0.486. The largest absolute Gasteiger partial charge is 0.468 e. The van der Waals surface area contributed by atoms with Crippen LogP contribution < -0.4 is 5.32 Å². The molecule has 1 N–H and O–H groups in total. The van der Waals surface area contributed by atoms with Crippen LogP contribution in [0.1, 0.15) is 6.92 Å². The summed E-state index contributed by atoms with van der Waals surface area (Å²) in [5, 5.41) is 2.68. The third kappa shape index (κ3) is 1.87. The molecular weight excluding hydrogens is 268 g/mol. The van der Waals surface area contributed by atoms with Gasteiger partial charge >= 0.3 is 11.9 Å². The lowest BCUT2D eigenvalue weighted by Gasteiger charge is -2.19. The van der Waals surface area contributed by atoms with Crippen molar-refractivity contribution < 1.29 is 28.7 Å². The number of carbonyl (C=O) groups is 4. The minimum Gasteiger partial charge on any atom is -0.468 e. The van der Waals surface area contributed by atoms with E-state index in [2.05, 4.69) is 14.8 Å². The number of carbonyl (C=O) groups excluding carboxylic acids is 4. The predicted octanol–water partition coefficient (Wildman–Crippen LogP) is -1.71. The Labute approximate surface area is 115 Å². The van der Waals surface area contributed by atoms with Crippen LogP contribution in [-0.4, -0.2) is 61.5 Å². The van der Waals surface area contributed by atoms with E-state index in [9.17, 15) is 19.2 Å². The van der Waals surface area contributed by atoms with Crippen molar-refractivity contribution in [1.82, 2.24) is 10.2 Å². The van der Waals surface area contributed by atoms with Gasteiger partial charge in [-0.1, -0.05) is 0 Å². The van der Waals surface area contributed by atoms with Gasteiger partial charge in [0.25, 0.3) is 0 Å². The Morgan fingerprint density at radius 3 is 1.75 bits per heavy atom. The highest BCUT2D eigenvalue weighted by Gasteiger charge is 2.62. The molecule has 0 aromatic rings. The Morgan fingerprint density at radius 1 is 1.05 bits per heavy atom.